The second kappa shape index (κ2) is 3.55. The number of rotatable bonds is 3. The van der Waals surface area contributed by atoms with E-state index in [2.05, 4.69) is 17.1 Å². The summed E-state index contributed by atoms with van der Waals surface area (Å²) in [5.74, 6) is 2.86. The molecule has 0 radical (unpaired) electrons. The third-order valence-electron chi connectivity index (χ3n) is 4.24. The smallest absolute Gasteiger partial charge is 0.226 e. The van der Waals surface area contributed by atoms with Crippen molar-refractivity contribution in [1.82, 2.24) is 10.1 Å². The van der Waals surface area contributed by atoms with Gasteiger partial charge in [0, 0.05) is 6.42 Å². The summed E-state index contributed by atoms with van der Waals surface area (Å²) in [7, 11) is 0. The highest BCUT2D eigenvalue weighted by Gasteiger charge is 2.52. The first-order valence-corrected chi connectivity index (χ1v) is 6.34. The molecule has 16 heavy (non-hydrogen) atoms. The van der Waals surface area contributed by atoms with Gasteiger partial charge in [0.1, 0.15) is 0 Å². The molecule has 2 saturated carbocycles. The van der Waals surface area contributed by atoms with Crippen molar-refractivity contribution in [1.29, 1.82) is 0 Å². The van der Waals surface area contributed by atoms with Crippen LogP contribution >= 0.6 is 0 Å². The third kappa shape index (κ3) is 1.39. The minimum atomic E-state index is -0.293. The van der Waals surface area contributed by atoms with Crippen LogP contribution in [0.25, 0.3) is 0 Å². The highest BCUT2D eigenvalue weighted by atomic mass is 16.5. The van der Waals surface area contributed by atoms with Crippen molar-refractivity contribution >= 4 is 0 Å². The number of nitrogens with two attached hydrogens (primary N) is 1. The van der Waals surface area contributed by atoms with E-state index in [1.54, 1.807) is 0 Å². The molecule has 0 aliphatic heterocycles. The van der Waals surface area contributed by atoms with Gasteiger partial charge in [-0.25, -0.2) is 0 Å². The fourth-order valence-corrected chi connectivity index (χ4v) is 3.41. The topological polar surface area (TPSA) is 64.9 Å². The average Bonchev–Trinajstić information content (AvgIpc) is 2.91. The third-order valence-corrected chi connectivity index (χ3v) is 4.24. The molecule has 2 aliphatic carbocycles. The summed E-state index contributed by atoms with van der Waals surface area (Å²) in [5, 5.41) is 4.10. The Bertz CT molecular complexity index is 389. The second-order valence-corrected chi connectivity index (χ2v) is 5.38. The Morgan fingerprint density at radius 2 is 2.38 bits per heavy atom. The molecule has 4 nitrogen and oxygen atoms in total. The molecular weight excluding hydrogens is 202 g/mol. The van der Waals surface area contributed by atoms with Crippen molar-refractivity contribution < 1.29 is 4.52 Å². The molecule has 1 aromatic rings. The zero-order valence-corrected chi connectivity index (χ0v) is 9.78. The van der Waals surface area contributed by atoms with Gasteiger partial charge >= 0.3 is 0 Å². The van der Waals surface area contributed by atoms with E-state index in [1.165, 1.54) is 19.3 Å². The molecule has 4 heteroatoms. The van der Waals surface area contributed by atoms with Gasteiger partial charge in [-0.15, -0.1) is 0 Å². The summed E-state index contributed by atoms with van der Waals surface area (Å²) in [4.78, 5) is 4.47. The van der Waals surface area contributed by atoms with E-state index in [1.807, 2.05) is 0 Å². The van der Waals surface area contributed by atoms with E-state index < -0.39 is 0 Å². The van der Waals surface area contributed by atoms with Crippen molar-refractivity contribution in [3.8, 4) is 0 Å². The van der Waals surface area contributed by atoms with E-state index in [0.717, 1.165) is 36.9 Å². The molecule has 0 aromatic carbocycles. The maximum atomic E-state index is 6.49. The van der Waals surface area contributed by atoms with E-state index in [-0.39, 0.29) is 5.54 Å². The van der Waals surface area contributed by atoms with Gasteiger partial charge in [-0.1, -0.05) is 18.5 Å². The summed E-state index contributed by atoms with van der Waals surface area (Å²) >= 11 is 0. The number of aromatic nitrogens is 2. The lowest BCUT2D eigenvalue weighted by Crippen LogP contribution is -2.42. The fraction of sp³-hybridized carbons (Fsp3) is 0.833. The highest BCUT2D eigenvalue weighted by molar-refractivity contribution is 5.14. The van der Waals surface area contributed by atoms with Gasteiger partial charge in [-0.3, -0.25) is 0 Å². The Morgan fingerprint density at radius 3 is 3.00 bits per heavy atom. The maximum Gasteiger partial charge on any atom is 0.226 e. The summed E-state index contributed by atoms with van der Waals surface area (Å²) < 4.78 is 5.25. The standard InChI is InChI=1S/C12H19N3O/c1-2-3-10-14-11(15-16-10)12(13)7-8-4-5-9(12)6-8/h8-9H,2-7,13H2,1H3. The predicted octanol–water partition coefficient (Wildman–Crippen LogP) is 2.00. The lowest BCUT2D eigenvalue weighted by atomic mass is 9.81. The van der Waals surface area contributed by atoms with Crippen LogP contribution < -0.4 is 5.73 Å². The Morgan fingerprint density at radius 1 is 1.50 bits per heavy atom. The SMILES string of the molecule is CCCc1nc(C2(N)CC3CCC2C3)no1. The van der Waals surface area contributed by atoms with Crippen LogP contribution in [0.4, 0.5) is 0 Å². The van der Waals surface area contributed by atoms with E-state index in [4.69, 9.17) is 10.3 Å². The zero-order chi connectivity index (χ0) is 11.2. The Labute approximate surface area is 95.6 Å². The summed E-state index contributed by atoms with van der Waals surface area (Å²) in [5.41, 5.74) is 6.20. The van der Waals surface area contributed by atoms with Gasteiger partial charge in [-0.05, 0) is 37.5 Å². The average molecular weight is 221 g/mol. The number of nitrogens with zero attached hydrogens (tertiary/aromatic N) is 2. The van der Waals surface area contributed by atoms with Crippen molar-refractivity contribution in [3.63, 3.8) is 0 Å². The van der Waals surface area contributed by atoms with Crippen LogP contribution in [0.3, 0.4) is 0 Å². The molecule has 1 heterocycles. The lowest BCUT2D eigenvalue weighted by molar-refractivity contribution is 0.250. The van der Waals surface area contributed by atoms with Crippen LogP contribution in [0.5, 0.6) is 0 Å². The molecule has 2 fully saturated rings. The van der Waals surface area contributed by atoms with E-state index in [9.17, 15) is 0 Å². The minimum absolute atomic E-state index is 0.293. The number of hydrogen-bond acceptors (Lipinski definition) is 4. The summed E-state index contributed by atoms with van der Waals surface area (Å²) in [6, 6.07) is 0. The molecule has 2 N–H and O–H groups in total. The molecule has 3 rings (SSSR count). The summed E-state index contributed by atoms with van der Waals surface area (Å²) in [6.45, 7) is 2.11. The van der Waals surface area contributed by atoms with Crippen LogP contribution in [-0.2, 0) is 12.0 Å². The van der Waals surface area contributed by atoms with Crippen LogP contribution in [-0.4, -0.2) is 10.1 Å². The first-order valence-electron chi connectivity index (χ1n) is 6.34. The maximum absolute atomic E-state index is 6.49. The zero-order valence-electron chi connectivity index (χ0n) is 9.78. The lowest BCUT2D eigenvalue weighted by Gasteiger charge is -2.30. The number of hydrogen-bond donors (Lipinski definition) is 1. The van der Waals surface area contributed by atoms with Crippen LogP contribution in [0.1, 0.15) is 50.7 Å². The molecule has 1 aromatic heterocycles. The monoisotopic (exact) mass is 221 g/mol. The second-order valence-electron chi connectivity index (χ2n) is 5.38. The Balaban J connectivity index is 1.85. The predicted molar refractivity (Wildman–Crippen MR) is 59.6 cm³/mol. The van der Waals surface area contributed by atoms with Crippen molar-refractivity contribution in [2.75, 3.05) is 0 Å². The van der Waals surface area contributed by atoms with Crippen molar-refractivity contribution in [2.45, 2.75) is 51.0 Å². The highest BCUT2D eigenvalue weighted by Crippen LogP contribution is 2.53. The largest absolute Gasteiger partial charge is 0.339 e. The van der Waals surface area contributed by atoms with Crippen molar-refractivity contribution in [3.05, 3.63) is 11.7 Å². The fourth-order valence-electron chi connectivity index (χ4n) is 3.41. The molecule has 88 valence electrons. The van der Waals surface area contributed by atoms with Gasteiger partial charge in [-0.2, -0.15) is 4.98 Å². The van der Waals surface area contributed by atoms with Gasteiger partial charge in [0.25, 0.3) is 0 Å². The van der Waals surface area contributed by atoms with Crippen molar-refractivity contribution in [2.24, 2.45) is 17.6 Å². The van der Waals surface area contributed by atoms with Crippen LogP contribution in [0.15, 0.2) is 4.52 Å². The van der Waals surface area contributed by atoms with Crippen LogP contribution in [0.2, 0.25) is 0 Å². The van der Waals surface area contributed by atoms with Gasteiger partial charge in [0.2, 0.25) is 5.89 Å². The molecular formula is C12H19N3O. The quantitative estimate of drug-likeness (QED) is 0.847. The van der Waals surface area contributed by atoms with E-state index >= 15 is 0 Å². The van der Waals surface area contributed by atoms with E-state index in [0.29, 0.717) is 5.92 Å². The molecule has 2 bridgehead atoms. The molecule has 2 aliphatic rings. The van der Waals surface area contributed by atoms with Gasteiger partial charge in [0.05, 0.1) is 5.54 Å². The minimum Gasteiger partial charge on any atom is -0.339 e. The Kier molecular flexibility index (Phi) is 2.28. The summed E-state index contributed by atoms with van der Waals surface area (Å²) in [6.07, 6.45) is 6.77. The molecule has 3 unspecified atom stereocenters. The molecule has 3 atom stereocenters. The first kappa shape index (κ1) is 10.3. The molecule has 0 amide bonds. The number of fused-ring (bicyclic) bond motifs is 2. The van der Waals surface area contributed by atoms with Gasteiger partial charge in [0.15, 0.2) is 5.82 Å². The molecule has 0 spiro atoms. The first-order chi connectivity index (χ1) is 7.72. The normalized spacial score (nSPS) is 37.1. The Hall–Kier alpha value is -0.900. The van der Waals surface area contributed by atoms with Gasteiger partial charge < -0.3 is 10.3 Å². The van der Waals surface area contributed by atoms with Crippen LogP contribution in [0, 0.1) is 11.8 Å². The molecule has 0 saturated heterocycles. The number of aryl methyl sites for hydroxylation is 1.